The first-order chi connectivity index (χ1) is 7.48. The molecule has 0 aliphatic heterocycles. The predicted molar refractivity (Wildman–Crippen MR) is 57.3 cm³/mol. The molecule has 1 heterocycles. The molecule has 1 saturated carbocycles. The van der Waals surface area contributed by atoms with Gasteiger partial charge in [0, 0.05) is 31.1 Å². The topological polar surface area (TPSA) is 43.8 Å². The van der Waals surface area contributed by atoms with Crippen LogP contribution in [0.2, 0.25) is 0 Å². The summed E-state index contributed by atoms with van der Waals surface area (Å²) in [6, 6.07) is 0.0471. The van der Waals surface area contributed by atoms with E-state index in [0.717, 1.165) is 5.69 Å². The molecule has 2 rings (SSSR count). The van der Waals surface area contributed by atoms with E-state index in [1.165, 1.54) is 0 Å². The highest BCUT2D eigenvalue weighted by molar-refractivity contribution is 5.03. The Labute approximate surface area is 93.7 Å². The van der Waals surface area contributed by atoms with Crippen molar-refractivity contribution in [1.29, 1.82) is 0 Å². The van der Waals surface area contributed by atoms with Crippen molar-refractivity contribution in [3.05, 3.63) is 18.2 Å². The van der Waals surface area contributed by atoms with Gasteiger partial charge < -0.3 is 10.3 Å². The molecule has 90 valence electrons. The first-order valence-corrected chi connectivity index (χ1v) is 5.65. The van der Waals surface area contributed by atoms with Gasteiger partial charge in [0.05, 0.1) is 12.0 Å². The van der Waals surface area contributed by atoms with Crippen LogP contribution in [0.25, 0.3) is 0 Å². The average molecular weight is 229 g/mol. The summed E-state index contributed by atoms with van der Waals surface area (Å²) in [5.74, 6) is -2.47. The highest BCUT2D eigenvalue weighted by Crippen LogP contribution is 2.38. The van der Waals surface area contributed by atoms with Crippen molar-refractivity contribution in [2.24, 2.45) is 5.73 Å². The van der Waals surface area contributed by atoms with E-state index in [1.54, 1.807) is 6.33 Å². The lowest BCUT2D eigenvalue weighted by atomic mass is 9.92. The molecule has 1 aromatic rings. The number of aromatic nitrogens is 2. The molecule has 3 nitrogen and oxygen atoms in total. The molecule has 16 heavy (non-hydrogen) atoms. The van der Waals surface area contributed by atoms with Gasteiger partial charge in [-0.05, 0) is 19.8 Å². The molecule has 1 aliphatic carbocycles. The summed E-state index contributed by atoms with van der Waals surface area (Å²) in [6.45, 7) is 1.86. The maximum Gasteiger partial charge on any atom is 0.248 e. The summed E-state index contributed by atoms with van der Waals surface area (Å²) in [7, 11) is 0. The lowest BCUT2D eigenvalue weighted by molar-refractivity contribution is -0.0439. The second-order valence-electron chi connectivity index (χ2n) is 4.62. The summed E-state index contributed by atoms with van der Waals surface area (Å²) in [4.78, 5) is 4.18. The molecule has 1 atom stereocenters. The van der Waals surface area contributed by atoms with Crippen molar-refractivity contribution < 1.29 is 8.78 Å². The molecule has 1 aromatic heterocycles. The van der Waals surface area contributed by atoms with Gasteiger partial charge in [0.25, 0.3) is 0 Å². The summed E-state index contributed by atoms with van der Waals surface area (Å²) in [6.07, 6.45) is 4.56. The molecule has 0 aromatic carbocycles. The maximum atomic E-state index is 13.0. The van der Waals surface area contributed by atoms with E-state index in [1.807, 2.05) is 17.7 Å². The van der Waals surface area contributed by atoms with Gasteiger partial charge >= 0.3 is 0 Å². The Morgan fingerprint density at radius 1 is 1.50 bits per heavy atom. The molecular formula is C11H17F2N3. The van der Waals surface area contributed by atoms with Crippen LogP contribution in [-0.4, -0.2) is 15.5 Å². The van der Waals surface area contributed by atoms with Gasteiger partial charge in [0.15, 0.2) is 0 Å². The van der Waals surface area contributed by atoms with Crippen molar-refractivity contribution in [3.63, 3.8) is 0 Å². The van der Waals surface area contributed by atoms with Gasteiger partial charge in [-0.2, -0.15) is 0 Å². The monoisotopic (exact) mass is 229 g/mol. The fraction of sp³-hybridized carbons (Fsp3) is 0.727. The molecule has 2 N–H and O–H groups in total. The maximum absolute atomic E-state index is 13.0. The van der Waals surface area contributed by atoms with Crippen molar-refractivity contribution >= 4 is 0 Å². The minimum absolute atomic E-state index is 0.0244. The average Bonchev–Trinajstić information content (AvgIpc) is 2.66. The third kappa shape index (κ3) is 2.40. The van der Waals surface area contributed by atoms with Crippen molar-refractivity contribution in [3.8, 4) is 0 Å². The normalized spacial score (nSPS) is 23.2. The molecule has 0 bridgehead atoms. The fourth-order valence-corrected chi connectivity index (χ4v) is 2.11. The van der Waals surface area contributed by atoms with Crippen LogP contribution in [-0.2, 0) is 0 Å². The number of hydrogen-bond acceptors (Lipinski definition) is 2. The number of halogens is 2. The standard InChI is InChI=1S/C11H17F2N3/c1-8(14)10-6-16(7-15-10)9-2-4-11(12,13)5-3-9/h6-9H,2-5,14H2,1H3/t8-/m0/s1. The minimum Gasteiger partial charge on any atom is -0.334 e. The molecular weight excluding hydrogens is 212 g/mol. The third-order valence-electron chi connectivity index (χ3n) is 3.20. The number of nitrogens with zero attached hydrogens (tertiary/aromatic N) is 2. The molecule has 1 fully saturated rings. The van der Waals surface area contributed by atoms with Crippen molar-refractivity contribution in [1.82, 2.24) is 9.55 Å². The summed E-state index contributed by atoms with van der Waals surface area (Å²) in [5, 5.41) is 0. The van der Waals surface area contributed by atoms with Crippen LogP contribution >= 0.6 is 0 Å². The van der Waals surface area contributed by atoms with Crippen LogP contribution in [0, 0.1) is 0 Å². The van der Waals surface area contributed by atoms with E-state index < -0.39 is 5.92 Å². The second-order valence-corrected chi connectivity index (χ2v) is 4.62. The van der Waals surface area contributed by atoms with Crippen LogP contribution < -0.4 is 5.73 Å². The van der Waals surface area contributed by atoms with Crippen LogP contribution in [0.5, 0.6) is 0 Å². The largest absolute Gasteiger partial charge is 0.334 e. The van der Waals surface area contributed by atoms with E-state index in [2.05, 4.69) is 4.98 Å². The van der Waals surface area contributed by atoms with E-state index in [-0.39, 0.29) is 24.9 Å². The van der Waals surface area contributed by atoms with Crippen LogP contribution in [0.15, 0.2) is 12.5 Å². The molecule has 0 unspecified atom stereocenters. The molecule has 0 saturated heterocycles. The zero-order chi connectivity index (χ0) is 11.8. The lowest BCUT2D eigenvalue weighted by Crippen LogP contribution is -2.25. The highest BCUT2D eigenvalue weighted by Gasteiger charge is 2.35. The van der Waals surface area contributed by atoms with E-state index in [0.29, 0.717) is 12.8 Å². The Bertz CT molecular complexity index is 350. The fourth-order valence-electron chi connectivity index (χ4n) is 2.11. The molecule has 5 heteroatoms. The van der Waals surface area contributed by atoms with E-state index in [4.69, 9.17) is 5.73 Å². The van der Waals surface area contributed by atoms with Crippen LogP contribution in [0.4, 0.5) is 8.78 Å². The number of nitrogens with two attached hydrogens (primary N) is 1. The zero-order valence-corrected chi connectivity index (χ0v) is 9.37. The Morgan fingerprint density at radius 3 is 2.62 bits per heavy atom. The van der Waals surface area contributed by atoms with Gasteiger partial charge in [0.2, 0.25) is 5.92 Å². The highest BCUT2D eigenvalue weighted by atomic mass is 19.3. The zero-order valence-electron chi connectivity index (χ0n) is 9.37. The van der Waals surface area contributed by atoms with Crippen molar-refractivity contribution in [2.45, 2.75) is 50.6 Å². The molecule has 0 amide bonds. The number of alkyl halides is 2. The predicted octanol–water partition coefficient (Wildman–Crippen LogP) is 2.65. The van der Waals surface area contributed by atoms with Gasteiger partial charge in [0.1, 0.15) is 0 Å². The SMILES string of the molecule is C[C@H](N)c1cn(C2CCC(F)(F)CC2)cn1. The third-order valence-corrected chi connectivity index (χ3v) is 3.20. The number of rotatable bonds is 2. The molecule has 0 radical (unpaired) electrons. The van der Waals surface area contributed by atoms with Crippen LogP contribution in [0.3, 0.4) is 0 Å². The second kappa shape index (κ2) is 4.13. The Hall–Kier alpha value is -0.970. The van der Waals surface area contributed by atoms with E-state index >= 15 is 0 Å². The summed E-state index contributed by atoms with van der Waals surface area (Å²) >= 11 is 0. The Morgan fingerprint density at radius 2 is 2.12 bits per heavy atom. The minimum atomic E-state index is -2.47. The summed E-state index contributed by atoms with van der Waals surface area (Å²) < 4.78 is 27.9. The van der Waals surface area contributed by atoms with Gasteiger partial charge in [-0.3, -0.25) is 0 Å². The number of hydrogen-bond donors (Lipinski definition) is 1. The van der Waals surface area contributed by atoms with Crippen molar-refractivity contribution in [2.75, 3.05) is 0 Å². The smallest absolute Gasteiger partial charge is 0.248 e. The first-order valence-electron chi connectivity index (χ1n) is 5.65. The molecule has 1 aliphatic rings. The number of imidazole rings is 1. The first kappa shape index (κ1) is 11.5. The van der Waals surface area contributed by atoms with Crippen LogP contribution in [0.1, 0.15) is 50.4 Å². The van der Waals surface area contributed by atoms with Gasteiger partial charge in [-0.25, -0.2) is 13.8 Å². The Kier molecular flexibility index (Phi) is 2.97. The Balaban J connectivity index is 2.03. The lowest BCUT2D eigenvalue weighted by Gasteiger charge is -2.28. The van der Waals surface area contributed by atoms with E-state index in [9.17, 15) is 8.78 Å². The quantitative estimate of drug-likeness (QED) is 0.847. The summed E-state index contributed by atoms with van der Waals surface area (Å²) in [5.41, 5.74) is 6.52. The molecule has 0 spiro atoms. The van der Waals surface area contributed by atoms with Gasteiger partial charge in [-0.15, -0.1) is 0 Å². The van der Waals surface area contributed by atoms with Gasteiger partial charge in [-0.1, -0.05) is 0 Å².